The molecule has 7 heteroatoms. The zero-order chi connectivity index (χ0) is 21.4. The Kier molecular flexibility index (Phi) is 6.06. The van der Waals surface area contributed by atoms with Crippen LogP contribution in [-0.2, 0) is 0 Å². The number of halogens is 1. The highest BCUT2D eigenvalue weighted by molar-refractivity contribution is 6.30. The molecule has 0 aliphatic heterocycles. The molecule has 1 aliphatic carbocycles. The van der Waals surface area contributed by atoms with Crippen molar-refractivity contribution in [3.05, 3.63) is 76.5 Å². The molecule has 6 nitrogen and oxygen atoms in total. The van der Waals surface area contributed by atoms with Gasteiger partial charge in [0.2, 0.25) is 0 Å². The van der Waals surface area contributed by atoms with Crippen molar-refractivity contribution in [1.82, 2.24) is 0 Å². The molecule has 2 aromatic rings. The maximum absolute atomic E-state index is 11.4. The molecular weight excluding hydrogens is 396 g/mol. The largest absolute Gasteiger partial charge is 0.509 e. The van der Waals surface area contributed by atoms with Crippen molar-refractivity contribution in [2.45, 2.75) is 42.7 Å². The Balaban J connectivity index is 2.19. The van der Waals surface area contributed by atoms with E-state index in [4.69, 9.17) is 11.6 Å². The summed E-state index contributed by atoms with van der Waals surface area (Å²) in [6.07, 6.45) is -3.34. The van der Waals surface area contributed by atoms with Crippen molar-refractivity contribution in [2.24, 2.45) is 0 Å². The molecule has 1 aliphatic rings. The normalized spacial score (nSPS) is 31.0. The summed E-state index contributed by atoms with van der Waals surface area (Å²) in [6, 6.07) is 15.0. The third-order valence-corrected chi connectivity index (χ3v) is 6.06. The first-order chi connectivity index (χ1) is 13.7. The number of aliphatic hydroxyl groups is 6. The highest BCUT2D eigenvalue weighted by Crippen LogP contribution is 2.58. The molecule has 0 heterocycles. The van der Waals surface area contributed by atoms with Gasteiger partial charge in [-0.3, -0.25) is 0 Å². The van der Waals surface area contributed by atoms with Crippen LogP contribution in [-0.4, -0.2) is 60.7 Å². The average Bonchev–Trinajstić information content (AvgIpc) is 2.75. The van der Waals surface area contributed by atoms with Crippen LogP contribution >= 0.6 is 11.6 Å². The van der Waals surface area contributed by atoms with Gasteiger partial charge >= 0.3 is 0 Å². The van der Waals surface area contributed by atoms with E-state index in [2.05, 4.69) is 0 Å². The summed E-state index contributed by atoms with van der Waals surface area (Å²) >= 11 is 5.93. The van der Waals surface area contributed by atoms with Crippen LogP contribution in [0.4, 0.5) is 0 Å². The first-order valence-corrected chi connectivity index (χ1v) is 9.75. The summed E-state index contributed by atoms with van der Waals surface area (Å²) in [7, 11) is 0. The lowest BCUT2D eigenvalue weighted by Crippen LogP contribution is -2.80. The van der Waals surface area contributed by atoms with Gasteiger partial charge in [-0.15, -0.1) is 0 Å². The van der Waals surface area contributed by atoms with Gasteiger partial charge in [0.1, 0.15) is 23.6 Å². The lowest BCUT2D eigenvalue weighted by Gasteiger charge is -2.62. The Morgan fingerprint density at radius 1 is 1.07 bits per heavy atom. The Morgan fingerprint density at radius 2 is 1.66 bits per heavy atom. The fraction of sp³-hybridized carbons (Fsp3) is 0.364. The van der Waals surface area contributed by atoms with Crippen molar-refractivity contribution in [3.63, 3.8) is 0 Å². The maximum atomic E-state index is 11.4. The predicted molar refractivity (Wildman–Crippen MR) is 109 cm³/mol. The molecule has 0 bridgehead atoms. The smallest absolute Gasteiger partial charge is 0.160 e. The fourth-order valence-electron chi connectivity index (χ4n) is 4.28. The van der Waals surface area contributed by atoms with E-state index in [1.807, 2.05) is 6.07 Å². The molecule has 156 valence electrons. The summed E-state index contributed by atoms with van der Waals surface area (Å²) in [6.45, 7) is 0.955. The Labute approximate surface area is 174 Å². The number of hydrogen-bond acceptors (Lipinski definition) is 6. The Bertz CT molecular complexity index is 884. The zero-order valence-corrected chi connectivity index (χ0v) is 16.7. The van der Waals surface area contributed by atoms with Gasteiger partial charge in [0.25, 0.3) is 0 Å². The second-order valence-corrected chi connectivity index (χ2v) is 7.78. The molecule has 6 N–H and O–H groups in total. The van der Waals surface area contributed by atoms with Crippen LogP contribution in [0.25, 0.3) is 5.57 Å². The van der Waals surface area contributed by atoms with E-state index in [1.165, 1.54) is 24.3 Å². The molecule has 5 atom stereocenters. The molecule has 29 heavy (non-hydrogen) atoms. The average molecular weight is 421 g/mol. The molecule has 3 rings (SSSR count). The predicted octanol–water partition coefficient (Wildman–Crippen LogP) is 1.99. The number of aliphatic hydroxyl groups excluding tert-OH is 4. The van der Waals surface area contributed by atoms with Crippen molar-refractivity contribution >= 4 is 17.2 Å². The van der Waals surface area contributed by atoms with Gasteiger partial charge in [-0.05, 0) is 35.3 Å². The summed E-state index contributed by atoms with van der Waals surface area (Å²) in [5.74, 6) is -1.80. The van der Waals surface area contributed by atoms with Crippen LogP contribution in [0.5, 0.6) is 0 Å². The Morgan fingerprint density at radius 3 is 2.17 bits per heavy atom. The van der Waals surface area contributed by atoms with E-state index >= 15 is 0 Å². The minimum absolute atomic E-state index is 0.340. The first-order valence-electron chi connectivity index (χ1n) is 9.38. The highest BCUT2D eigenvalue weighted by Gasteiger charge is 2.75. The van der Waals surface area contributed by atoms with Crippen LogP contribution in [0.2, 0.25) is 5.02 Å². The molecule has 0 aromatic heterocycles. The molecule has 0 spiro atoms. The molecular formula is C22H25ClO6. The van der Waals surface area contributed by atoms with E-state index in [1.54, 1.807) is 31.2 Å². The van der Waals surface area contributed by atoms with Crippen molar-refractivity contribution in [1.29, 1.82) is 0 Å². The monoisotopic (exact) mass is 420 g/mol. The van der Waals surface area contributed by atoms with E-state index in [0.29, 0.717) is 28.1 Å². The number of hydrogen-bond donors (Lipinski definition) is 6. The van der Waals surface area contributed by atoms with E-state index in [0.717, 1.165) is 0 Å². The number of rotatable bonds is 6. The lowest BCUT2D eigenvalue weighted by atomic mass is 9.50. The van der Waals surface area contributed by atoms with Crippen LogP contribution < -0.4 is 0 Å². The van der Waals surface area contributed by atoms with E-state index in [-0.39, 0.29) is 0 Å². The second kappa shape index (κ2) is 8.07. The highest BCUT2D eigenvalue weighted by atomic mass is 35.5. The first kappa shape index (κ1) is 21.8. The molecule has 1 unspecified atom stereocenters. The van der Waals surface area contributed by atoms with Gasteiger partial charge in [-0.2, -0.15) is 0 Å². The van der Waals surface area contributed by atoms with Crippen molar-refractivity contribution in [3.8, 4) is 0 Å². The summed E-state index contributed by atoms with van der Waals surface area (Å²) in [4.78, 5) is 0. The van der Waals surface area contributed by atoms with Crippen LogP contribution in [0.15, 0.2) is 60.4 Å². The van der Waals surface area contributed by atoms with E-state index in [9.17, 15) is 30.6 Å². The van der Waals surface area contributed by atoms with Crippen LogP contribution in [0.1, 0.15) is 30.4 Å². The van der Waals surface area contributed by atoms with Gasteiger partial charge in [0, 0.05) is 5.02 Å². The van der Waals surface area contributed by atoms with Gasteiger partial charge in [-0.1, -0.05) is 61.0 Å². The van der Waals surface area contributed by atoms with Gasteiger partial charge in [0.05, 0.1) is 12.5 Å². The molecule has 0 radical (unpaired) electrons. The Hall–Kier alpha value is -1.93. The van der Waals surface area contributed by atoms with Gasteiger partial charge in [0.15, 0.2) is 5.60 Å². The number of benzene rings is 2. The van der Waals surface area contributed by atoms with Crippen LogP contribution in [0.3, 0.4) is 0 Å². The summed E-state index contributed by atoms with van der Waals surface area (Å²) in [5, 5.41) is 64.3. The van der Waals surface area contributed by atoms with Gasteiger partial charge < -0.3 is 30.6 Å². The SMILES string of the molecule is CCC(=C(O)[C@@]1(O)C(c2ccc(Cl)cc2)[C@@](O)([C@H](O)CO)[C@@H]1O)c1ccccc1. The topological polar surface area (TPSA) is 121 Å². The lowest BCUT2D eigenvalue weighted by molar-refractivity contribution is -0.313. The third kappa shape index (κ3) is 3.26. The quantitative estimate of drug-likeness (QED) is 0.397. The standard InChI is InChI=1S/C22H25ClO6/c1-2-16(13-6-4-3-5-7-13)19(26)22(29)18(14-8-10-15(23)11-9-14)21(28,20(22)27)17(25)12-24/h3-11,17-18,20,24-29H,2,12H2,1H3/t17-,18?,20+,21+,22+/m1/s1. The summed E-state index contributed by atoms with van der Waals surface area (Å²) in [5.41, 5.74) is -3.17. The molecule has 1 saturated carbocycles. The summed E-state index contributed by atoms with van der Waals surface area (Å²) < 4.78 is 0. The van der Waals surface area contributed by atoms with Crippen LogP contribution in [0, 0.1) is 0 Å². The van der Waals surface area contributed by atoms with E-state index < -0.39 is 41.7 Å². The number of allylic oxidation sites excluding steroid dienone is 1. The minimum Gasteiger partial charge on any atom is -0.509 e. The molecule has 0 saturated heterocycles. The molecule has 0 amide bonds. The minimum atomic E-state index is -2.28. The van der Waals surface area contributed by atoms with Crippen molar-refractivity contribution < 1.29 is 30.6 Å². The van der Waals surface area contributed by atoms with Crippen molar-refractivity contribution in [2.75, 3.05) is 6.61 Å². The fourth-order valence-corrected chi connectivity index (χ4v) is 4.40. The maximum Gasteiger partial charge on any atom is 0.160 e. The third-order valence-electron chi connectivity index (χ3n) is 5.81. The molecule has 2 aromatic carbocycles. The van der Waals surface area contributed by atoms with Gasteiger partial charge in [-0.25, -0.2) is 0 Å². The zero-order valence-electron chi connectivity index (χ0n) is 15.9. The second-order valence-electron chi connectivity index (χ2n) is 7.34. The molecule has 1 fully saturated rings.